The van der Waals surface area contributed by atoms with Crippen LogP contribution in [0.3, 0.4) is 0 Å². The molecule has 4 nitrogen and oxygen atoms in total. The van der Waals surface area contributed by atoms with Gasteiger partial charge in [-0.2, -0.15) is 0 Å². The van der Waals surface area contributed by atoms with Crippen LogP contribution in [-0.2, 0) is 4.79 Å². The van der Waals surface area contributed by atoms with Gasteiger partial charge in [-0.15, -0.1) is 10.2 Å². The topological polar surface area (TPSA) is 54.9 Å². The molecular weight excluding hydrogens is 346 g/mol. The molecule has 130 valence electrons. The highest BCUT2D eigenvalue weighted by molar-refractivity contribution is 8.03. The maximum atomic E-state index is 12.4. The van der Waals surface area contributed by atoms with Gasteiger partial charge >= 0.3 is 0 Å². The maximum absolute atomic E-state index is 12.4. The highest BCUT2D eigenvalue weighted by Crippen LogP contribution is 2.32. The Morgan fingerprint density at radius 2 is 1.83 bits per heavy atom. The van der Waals surface area contributed by atoms with Crippen LogP contribution in [0.25, 0.3) is 0 Å². The standard InChI is InChI=1S/C16H27N3OS3/c1-11(2)10-21-15-18-19-16(23-15)22-12(3)14(20)17-13-8-6-4-5-7-9-13/h11-13H,4-10H2,1-3H3,(H,17,20)/t12-/m1/s1. The first-order valence-corrected chi connectivity index (χ1v) is 11.2. The summed E-state index contributed by atoms with van der Waals surface area (Å²) in [5.74, 6) is 1.83. The molecule has 1 aromatic rings. The zero-order valence-electron chi connectivity index (χ0n) is 14.2. The smallest absolute Gasteiger partial charge is 0.233 e. The van der Waals surface area contributed by atoms with Crippen molar-refractivity contribution in [2.24, 2.45) is 5.92 Å². The largest absolute Gasteiger partial charge is 0.352 e. The molecule has 0 bridgehead atoms. The zero-order chi connectivity index (χ0) is 16.7. The molecule has 0 unspecified atom stereocenters. The average molecular weight is 374 g/mol. The molecule has 0 spiro atoms. The van der Waals surface area contributed by atoms with Crippen molar-refractivity contribution in [3.05, 3.63) is 0 Å². The molecule has 0 aromatic carbocycles. The van der Waals surface area contributed by atoms with E-state index in [-0.39, 0.29) is 11.2 Å². The summed E-state index contributed by atoms with van der Waals surface area (Å²) < 4.78 is 1.89. The van der Waals surface area contributed by atoms with Crippen molar-refractivity contribution < 1.29 is 4.79 Å². The molecule has 1 atom stereocenters. The quantitative estimate of drug-likeness (QED) is 0.559. The Morgan fingerprint density at radius 3 is 2.48 bits per heavy atom. The SMILES string of the molecule is CC(C)CSc1nnc(S[C@H](C)C(=O)NC2CCCCCC2)s1. The number of amides is 1. The van der Waals surface area contributed by atoms with Gasteiger partial charge in [0.1, 0.15) is 0 Å². The van der Waals surface area contributed by atoms with Gasteiger partial charge < -0.3 is 5.32 Å². The lowest BCUT2D eigenvalue weighted by atomic mass is 10.1. The van der Waals surface area contributed by atoms with Crippen LogP contribution in [0.15, 0.2) is 8.68 Å². The molecular formula is C16H27N3OS3. The van der Waals surface area contributed by atoms with Gasteiger partial charge in [0.05, 0.1) is 5.25 Å². The second-order valence-electron chi connectivity index (χ2n) is 6.50. The Kier molecular flexibility index (Phi) is 8.19. The van der Waals surface area contributed by atoms with Crippen LogP contribution in [0, 0.1) is 5.92 Å². The molecule has 0 aliphatic heterocycles. The van der Waals surface area contributed by atoms with Crippen molar-refractivity contribution in [1.29, 1.82) is 0 Å². The van der Waals surface area contributed by atoms with E-state index in [2.05, 4.69) is 29.4 Å². The monoisotopic (exact) mass is 373 g/mol. The van der Waals surface area contributed by atoms with Crippen LogP contribution >= 0.6 is 34.9 Å². The summed E-state index contributed by atoms with van der Waals surface area (Å²) in [7, 11) is 0. The fraction of sp³-hybridized carbons (Fsp3) is 0.812. The normalized spacial score (nSPS) is 17.9. The van der Waals surface area contributed by atoms with Crippen molar-refractivity contribution >= 4 is 40.8 Å². The fourth-order valence-corrected chi connectivity index (χ4v) is 5.64. The van der Waals surface area contributed by atoms with Crippen molar-refractivity contribution in [3.63, 3.8) is 0 Å². The Hall–Kier alpha value is -0.270. The summed E-state index contributed by atoms with van der Waals surface area (Å²) in [5.41, 5.74) is 0. The average Bonchev–Trinajstić information content (AvgIpc) is 2.79. The predicted molar refractivity (Wildman–Crippen MR) is 100 cm³/mol. The van der Waals surface area contributed by atoms with Crippen LogP contribution in [-0.4, -0.2) is 33.1 Å². The summed E-state index contributed by atoms with van der Waals surface area (Å²) in [6.45, 7) is 6.35. The first-order valence-electron chi connectivity index (χ1n) is 8.48. The fourth-order valence-electron chi connectivity index (χ4n) is 2.49. The van der Waals surface area contributed by atoms with Gasteiger partial charge in [0, 0.05) is 11.8 Å². The van der Waals surface area contributed by atoms with Crippen LogP contribution in [0.4, 0.5) is 0 Å². The molecule has 0 saturated heterocycles. The third kappa shape index (κ3) is 7.01. The summed E-state index contributed by atoms with van der Waals surface area (Å²) >= 11 is 4.86. The molecule has 1 aliphatic rings. The van der Waals surface area contributed by atoms with E-state index in [0.29, 0.717) is 12.0 Å². The minimum absolute atomic E-state index is 0.117. The zero-order valence-corrected chi connectivity index (χ0v) is 16.7. The Balaban J connectivity index is 1.78. The highest BCUT2D eigenvalue weighted by atomic mass is 32.2. The van der Waals surface area contributed by atoms with E-state index in [1.807, 2.05) is 6.92 Å². The minimum Gasteiger partial charge on any atom is -0.352 e. The van der Waals surface area contributed by atoms with Gasteiger partial charge in [-0.3, -0.25) is 4.79 Å². The molecule has 7 heteroatoms. The summed E-state index contributed by atoms with van der Waals surface area (Å²) in [6.07, 6.45) is 7.32. The number of rotatable bonds is 7. The second kappa shape index (κ2) is 9.89. The van der Waals surface area contributed by atoms with Gasteiger partial charge in [0.2, 0.25) is 5.91 Å². The minimum atomic E-state index is -0.117. The molecule has 1 heterocycles. The lowest BCUT2D eigenvalue weighted by Crippen LogP contribution is -2.39. The molecule has 0 radical (unpaired) electrons. The number of aromatic nitrogens is 2. The number of nitrogens with zero attached hydrogens (tertiary/aromatic N) is 2. The van der Waals surface area contributed by atoms with E-state index < -0.39 is 0 Å². The lowest BCUT2D eigenvalue weighted by molar-refractivity contribution is -0.121. The maximum Gasteiger partial charge on any atom is 0.233 e. The molecule has 23 heavy (non-hydrogen) atoms. The van der Waals surface area contributed by atoms with Crippen molar-refractivity contribution in [2.45, 2.75) is 79.3 Å². The first kappa shape index (κ1) is 19.1. The summed E-state index contributed by atoms with van der Waals surface area (Å²) in [6, 6.07) is 0.361. The number of nitrogens with one attached hydrogen (secondary N) is 1. The third-order valence-corrected chi connectivity index (χ3v) is 7.44. The molecule has 1 amide bonds. The number of carbonyl (C=O) groups excluding carboxylic acids is 1. The van der Waals surface area contributed by atoms with Crippen LogP contribution in [0.2, 0.25) is 0 Å². The summed E-state index contributed by atoms with van der Waals surface area (Å²) in [5, 5.41) is 11.5. The van der Waals surface area contributed by atoms with Gasteiger partial charge in [-0.05, 0) is 25.7 Å². The van der Waals surface area contributed by atoms with E-state index in [1.54, 1.807) is 23.1 Å². The number of hydrogen-bond donors (Lipinski definition) is 1. The van der Waals surface area contributed by atoms with Crippen LogP contribution in [0.5, 0.6) is 0 Å². The van der Waals surface area contributed by atoms with Gasteiger partial charge in [-0.1, -0.05) is 74.4 Å². The van der Waals surface area contributed by atoms with Gasteiger partial charge in [0.25, 0.3) is 0 Å². The predicted octanol–water partition coefficient (Wildman–Crippen LogP) is 4.61. The Labute approximate surface area is 152 Å². The van der Waals surface area contributed by atoms with E-state index in [4.69, 9.17) is 0 Å². The number of carbonyl (C=O) groups is 1. The Morgan fingerprint density at radius 1 is 1.17 bits per heavy atom. The van der Waals surface area contributed by atoms with E-state index in [0.717, 1.165) is 27.3 Å². The first-order chi connectivity index (χ1) is 11.0. The third-order valence-electron chi connectivity index (χ3n) is 3.78. The molecule has 1 N–H and O–H groups in total. The molecule has 1 saturated carbocycles. The second-order valence-corrected chi connectivity index (χ2v) is 10.3. The van der Waals surface area contributed by atoms with E-state index in [1.165, 1.54) is 37.4 Å². The molecule has 1 aromatic heterocycles. The summed E-state index contributed by atoms with van der Waals surface area (Å²) in [4.78, 5) is 12.4. The van der Waals surface area contributed by atoms with Crippen LogP contribution in [0.1, 0.15) is 59.3 Å². The van der Waals surface area contributed by atoms with Gasteiger partial charge in [-0.25, -0.2) is 0 Å². The van der Waals surface area contributed by atoms with Crippen molar-refractivity contribution in [2.75, 3.05) is 5.75 Å². The van der Waals surface area contributed by atoms with Gasteiger partial charge in [0.15, 0.2) is 8.68 Å². The van der Waals surface area contributed by atoms with Crippen LogP contribution < -0.4 is 5.32 Å². The number of hydrogen-bond acceptors (Lipinski definition) is 6. The molecule has 2 rings (SSSR count). The van der Waals surface area contributed by atoms with E-state index in [9.17, 15) is 4.79 Å². The van der Waals surface area contributed by atoms with E-state index >= 15 is 0 Å². The lowest BCUT2D eigenvalue weighted by Gasteiger charge is -2.18. The van der Waals surface area contributed by atoms with Crippen molar-refractivity contribution in [1.82, 2.24) is 15.5 Å². The molecule has 1 aliphatic carbocycles. The Bertz CT molecular complexity index is 485. The number of thioether (sulfide) groups is 2. The highest BCUT2D eigenvalue weighted by Gasteiger charge is 2.21. The molecule has 1 fully saturated rings. The van der Waals surface area contributed by atoms with Crippen molar-refractivity contribution in [3.8, 4) is 0 Å².